The van der Waals surface area contributed by atoms with E-state index in [-0.39, 0.29) is 28.4 Å². The van der Waals surface area contributed by atoms with Crippen LogP contribution in [-0.4, -0.2) is 11.7 Å². The molecule has 0 saturated heterocycles. The molecule has 102 valence electrons. The van der Waals surface area contributed by atoms with Gasteiger partial charge in [-0.2, -0.15) is 0 Å². The molecular formula is C15H12FNO3. The van der Waals surface area contributed by atoms with Crippen LogP contribution in [0, 0.1) is 5.82 Å². The fraction of sp³-hybridized carbons (Fsp3) is 0.0667. The number of nitrogens with two attached hydrogens (primary N) is 1. The number of ether oxygens (including phenoxy) is 1. The summed E-state index contributed by atoms with van der Waals surface area (Å²) in [5, 5.41) is 0. The van der Waals surface area contributed by atoms with Crippen molar-refractivity contribution >= 4 is 11.7 Å². The van der Waals surface area contributed by atoms with E-state index in [0.717, 1.165) is 6.07 Å². The lowest BCUT2D eigenvalue weighted by molar-refractivity contribution is 0.0996. The fourth-order valence-electron chi connectivity index (χ4n) is 1.74. The first kappa shape index (κ1) is 13.7. The van der Waals surface area contributed by atoms with E-state index in [9.17, 15) is 14.0 Å². The summed E-state index contributed by atoms with van der Waals surface area (Å²) in [7, 11) is 0. The van der Waals surface area contributed by atoms with Crippen molar-refractivity contribution in [1.29, 1.82) is 0 Å². The van der Waals surface area contributed by atoms with Crippen LogP contribution in [-0.2, 0) is 0 Å². The molecule has 0 saturated carbocycles. The number of halogens is 1. The van der Waals surface area contributed by atoms with Crippen LogP contribution in [0.25, 0.3) is 0 Å². The molecule has 5 heteroatoms. The zero-order valence-corrected chi connectivity index (χ0v) is 10.7. The Morgan fingerprint density at radius 2 is 1.70 bits per heavy atom. The lowest BCUT2D eigenvalue weighted by Gasteiger charge is -2.11. The number of carbonyl (C=O) groups excluding carboxylic acids is 2. The molecule has 4 nitrogen and oxygen atoms in total. The Hall–Kier alpha value is -2.69. The van der Waals surface area contributed by atoms with Gasteiger partial charge in [0.2, 0.25) is 0 Å². The van der Waals surface area contributed by atoms with Gasteiger partial charge in [0.15, 0.2) is 5.78 Å². The van der Waals surface area contributed by atoms with E-state index >= 15 is 0 Å². The molecule has 0 unspecified atom stereocenters. The molecule has 2 rings (SSSR count). The molecular weight excluding hydrogens is 261 g/mol. The van der Waals surface area contributed by atoms with Gasteiger partial charge in [-0.3, -0.25) is 9.59 Å². The summed E-state index contributed by atoms with van der Waals surface area (Å²) < 4.78 is 18.7. The Bertz CT molecular complexity index is 683. The molecule has 0 aromatic heterocycles. The Labute approximate surface area is 115 Å². The predicted octanol–water partition coefficient (Wildman–Crippen LogP) is 2.92. The second-order valence-electron chi connectivity index (χ2n) is 4.16. The summed E-state index contributed by atoms with van der Waals surface area (Å²) in [5.74, 6) is -1.13. The molecule has 0 aliphatic carbocycles. The van der Waals surface area contributed by atoms with Gasteiger partial charge < -0.3 is 10.5 Å². The van der Waals surface area contributed by atoms with E-state index in [4.69, 9.17) is 10.5 Å². The molecule has 0 radical (unpaired) electrons. The third kappa shape index (κ3) is 2.83. The van der Waals surface area contributed by atoms with Gasteiger partial charge in [0.05, 0.1) is 11.1 Å². The second-order valence-corrected chi connectivity index (χ2v) is 4.16. The van der Waals surface area contributed by atoms with E-state index in [0.29, 0.717) is 0 Å². The molecule has 1 amide bonds. The van der Waals surface area contributed by atoms with Crippen LogP contribution in [0.4, 0.5) is 4.39 Å². The number of para-hydroxylation sites is 1. The highest BCUT2D eigenvalue weighted by Crippen LogP contribution is 2.28. The molecule has 0 bridgehead atoms. The molecule has 2 N–H and O–H groups in total. The van der Waals surface area contributed by atoms with Gasteiger partial charge in [-0.25, -0.2) is 4.39 Å². The molecule has 0 spiro atoms. The van der Waals surface area contributed by atoms with E-state index in [1.807, 2.05) is 0 Å². The van der Waals surface area contributed by atoms with Crippen molar-refractivity contribution in [2.75, 3.05) is 0 Å². The highest BCUT2D eigenvalue weighted by molar-refractivity contribution is 5.98. The van der Waals surface area contributed by atoms with Gasteiger partial charge in [0, 0.05) is 0 Å². The average molecular weight is 273 g/mol. The van der Waals surface area contributed by atoms with E-state index in [2.05, 4.69) is 0 Å². The van der Waals surface area contributed by atoms with Crippen LogP contribution in [0.2, 0.25) is 0 Å². The van der Waals surface area contributed by atoms with Crippen LogP contribution >= 0.6 is 0 Å². The third-order valence-electron chi connectivity index (χ3n) is 2.69. The Morgan fingerprint density at radius 1 is 1.05 bits per heavy atom. The average Bonchev–Trinajstić information content (AvgIpc) is 2.41. The summed E-state index contributed by atoms with van der Waals surface area (Å²) in [6.45, 7) is 1.31. The first-order chi connectivity index (χ1) is 9.49. The number of hydrogen-bond acceptors (Lipinski definition) is 3. The molecule has 0 aliphatic heterocycles. The van der Waals surface area contributed by atoms with Gasteiger partial charge in [-0.05, 0) is 37.3 Å². The first-order valence-corrected chi connectivity index (χ1v) is 5.86. The predicted molar refractivity (Wildman–Crippen MR) is 71.4 cm³/mol. The topological polar surface area (TPSA) is 69.4 Å². The maximum atomic E-state index is 13.2. The van der Waals surface area contributed by atoms with Crippen LogP contribution in [0.5, 0.6) is 11.5 Å². The number of benzene rings is 2. The largest absolute Gasteiger partial charge is 0.456 e. The van der Waals surface area contributed by atoms with E-state index in [1.165, 1.54) is 25.1 Å². The van der Waals surface area contributed by atoms with Crippen molar-refractivity contribution in [1.82, 2.24) is 0 Å². The Kier molecular flexibility index (Phi) is 3.79. The molecule has 0 heterocycles. The van der Waals surface area contributed by atoms with Gasteiger partial charge in [-0.1, -0.05) is 12.1 Å². The molecule has 2 aromatic carbocycles. The van der Waals surface area contributed by atoms with E-state index < -0.39 is 11.7 Å². The summed E-state index contributed by atoms with van der Waals surface area (Å²) in [4.78, 5) is 22.8. The molecule has 0 fully saturated rings. The number of ketones is 1. The number of rotatable bonds is 4. The number of carbonyl (C=O) groups is 2. The SMILES string of the molecule is CC(=O)c1cc(F)ccc1Oc1ccccc1C(N)=O. The summed E-state index contributed by atoms with van der Waals surface area (Å²) in [6, 6.07) is 9.97. The highest BCUT2D eigenvalue weighted by atomic mass is 19.1. The number of hydrogen-bond donors (Lipinski definition) is 1. The first-order valence-electron chi connectivity index (χ1n) is 5.86. The molecule has 0 atom stereocenters. The maximum absolute atomic E-state index is 13.2. The van der Waals surface area contributed by atoms with E-state index in [1.54, 1.807) is 18.2 Å². The fourth-order valence-corrected chi connectivity index (χ4v) is 1.74. The summed E-state index contributed by atoms with van der Waals surface area (Å²) in [6.07, 6.45) is 0. The monoisotopic (exact) mass is 273 g/mol. The summed E-state index contributed by atoms with van der Waals surface area (Å²) in [5.41, 5.74) is 5.53. The number of Topliss-reactive ketones (excluding diaryl/α,β-unsaturated/α-hetero) is 1. The van der Waals surface area contributed by atoms with Crippen LogP contribution in [0.3, 0.4) is 0 Å². The minimum atomic E-state index is -0.646. The highest BCUT2D eigenvalue weighted by Gasteiger charge is 2.14. The van der Waals surface area contributed by atoms with Crippen molar-refractivity contribution in [2.45, 2.75) is 6.92 Å². The van der Waals surface area contributed by atoms with Crippen LogP contribution in [0.1, 0.15) is 27.6 Å². The molecule has 2 aromatic rings. The normalized spacial score (nSPS) is 10.1. The lowest BCUT2D eigenvalue weighted by Crippen LogP contribution is -2.12. The van der Waals surface area contributed by atoms with Gasteiger partial charge >= 0.3 is 0 Å². The van der Waals surface area contributed by atoms with Gasteiger partial charge in [0.1, 0.15) is 17.3 Å². The number of primary amides is 1. The third-order valence-corrected chi connectivity index (χ3v) is 2.69. The van der Waals surface area contributed by atoms with Crippen molar-refractivity contribution in [3.8, 4) is 11.5 Å². The molecule has 0 aliphatic rings. The second kappa shape index (κ2) is 5.52. The minimum Gasteiger partial charge on any atom is -0.456 e. The van der Waals surface area contributed by atoms with Crippen LogP contribution in [0.15, 0.2) is 42.5 Å². The van der Waals surface area contributed by atoms with Crippen molar-refractivity contribution in [3.05, 3.63) is 59.4 Å². The molecule has 20 heavy (non-hydrogen) atoms. The van der Waals surface area contributed by atoms with Crippen LogP contribution < -0.4 is 10.5 Å². The quantitative estimate of drug-likeness (QED) is 0.871. The number of amides is 1. The minimum absolute atomic E-state index is 0.101. The van der Waals surface area contributed by atoms with Crippen molar-refractivity contribution in [2.24, 2.45) is 5.73 Å². The van der Waals surface area contributed by atoms with Gasteiger partial charge in [-0.15, -0.1) is 0 Å². The Morgan fingerprint density at radius 3 is 2.35 bits per heavy atom. The lowest BCUT2D eigenvalue weighted by atomic mass is 10.1. The summed E-state index contributed by atoms with van der Waals surface area (Å²) >= 11 is 0. The Balaban J connectivity index is 2.45. The maximum Gasteiger partial charge on any atom is 0.252 e. The van der Waals surface area contributed by atoms with Crippen molar-refractivity contribution in [3.63, 3.8) is 0 Å². The standard InChI is InChI=1S/C15H12FNO3/c1-9(18)12-8-10(16)6-7-14(12)20-13-5-3-2-4-11(13)15(17)19/h2-8H,1H3,(H2,17,19). The zero-order valence-electron chi connectivity index (χ0n) is 10.7. The van der Waals surface area contributed by atoms with Gasteiger partial charge in [0.25, 0.3) is 5.91 Å². The zero-order chi connectivity index (χ0) is 14.7. The van der Waals surface area contributed by atoms with Crippen molar-refractivity contribution < 1.29 is 18.7 Å². The smallest absolute Gasteiger partial charge is 0.252 e.